The second kappa shape index (κ2) is 11.6. The summed E-state index contributed by atoms with van der Waals surface area (Å²) in [5, 5.41) is 11.3. The maximum Gasteiger partial charge on any atom is 0.304 e. The highest BCUT2D eigenvalue weighted by molar-refractivity contribution is 5.77. The van der Waals surface area contributed by atoms with Crippen LogP contribution in [-0.2, 0) is 16.0 Å². The van der Waals surface area contributed by atoms with Crippen molar-refractivity contribution < 1.29 is 19.4 Å². The zero-order valence-electron chi connectivity index (χ0n) is 23.1. The Hall–Kier alpha value is -3.26. The van der Waals surface area contributed by atoms with E-state index in [0.717, 1.165) is 41.6 Å². The van der Waals surface area contributed by atoms with Gasteiger partial charge < -0.3 is 25.5 Å². The van der Waals surface area contributed by atoms with Gasteiger partial charge in [0.15, 0.2) is 0 Å². The lowest BCUT2D eigenvalue weighted by Crippen LogP contribution is -2.37. The number of amides is 1. The van der Waals surface area contributed by atoms with Crippen molar-refractivity contribution in [3.05, 3.63) is 52.1 Å². The van der Waals surface area contributed by atoms with Gasteiger partial charge in [-0.15, -0.1) is 0 Å². The molecule has 206 valence electrons. The molecule has 2 aliphatic carbocycles. The highest BCUT2D eigenvalue weighted by Gasteiger charge is 2.36. The van der Waals surface area contributed by atoms with Gasteiger partial charge >= 0.3 is 5.97 Å². The Kier molecular flexibility index (Phi) is 8.51. The van der Waals surface area contributed by atoms with Crippen molar-refractivity contribution in [1.29, 1.82) is 0 Å². The molecule has 2 aromatic rings. The largest absolute Gasteiger partial charge is 0.494 e. The van der Waals surface area contributed by atoms with Gasteiger partial charge in [0.2, 0.25) is 5.91 Å². The number of carbonyl (C=O) groups excluding carboxylic acids is 1. The molecule has 0 saturated heterocycles. The molecule has 2 atom stereocenters. The van der Waals surface area contributed by atoms with Crippen LogP contribution in [0, 0.1) is 12.8 Å². The van der Waals surface area contributed by atoms with Crippen LogP contribution in [0.3, 0.4) is 0 Å². The van der Waals surface area contributed by atoms with Crippen LogP contribution < -0.4 is 21.3 Å². The Bertz CT molecular complexity index is 1190. The third-order valence-corrected chi connectivity index (χ3v) is 8.43. The standard InChI is InChI=1S/C30H42N4O4/c1-18-10-11-22(24(16-28(36)37)21-14-25(31)30(33(3)32)27(15-21)38-4)23-12-13-26(29(18)23)34(19(2)35)17-20-8-6-5-7-9-20/h10-11,14-15,20,24,26H,5-9,12-13,16-17,31-32H2,1-4H3,(H,36,37). The maximum absolute atomic E-state index is 12.9. The summed E-state index contributed by atoms with van der Waals surface area (Å²) in [6.07, 6.45) is 7.69. The predicted molar refractivity (Wildman–Crippen MR) is 150 cm³/mol. The molecule has 0 aliphatic heterocycles. The molecule has 1 saturated carbocycles. The fourth-order valence-corrected chi connectivity index (χ4v) is 6.70. The van der Waals surface area contributed by atoms with E-state index in [0.29, 0.717) is 23.0 Å². The monoisotopic (exact) mass is 522 g/mol. The zero-order chi connectivity index (χ0) is 27.6. The number of aryl methyl sites for hydroxylation is 1. The lowest BCUT2D eigenvalue weighted by Gasteiger charge is -2.34. The van der Waals surface area contributed by atoms with Gasteiger partial charge in [0.25, 0.3) is 0 Å². The first kappa shape index (κ1) is 27.8. The van der Waals surface area contributed by atoms with Gasteiger partial charge in [0.1, 0.15) is 11.4 Å². The molecule has 2 aliphatic rings. The molecule has 1 fully saturated rings. The Morgan fingerprint density at radius 1 is 1.16 bits per heavy atom. The Balaban J connectivity index is 1.77. The molecule has 8 nitrogen and oxygen atoms in total. The van der Waals surface area contributed by atoms with E-state index in [1.54, 1.807) is 27.1 Å². The van der Waals surface area contributed by atoms with E-state index < -0.39 is 11.9 Å². The number of rotatable bonds is 9. The number of benzene rings is 2. The van der Waals surface area contributed by atoms with E-state index >= 15 is 0 Å². The Labute approximate surface area is 225 Å². The van der Waals surface area contributed by atoms with E-state index in [9.17, 15) is 14.7 Å². The fraction of sp³-hybridized carbons (Fsp3) is 0.533. The zero-order valence-corrected chi connectivity index (χ0v) is 23.1. The van der Waals surface area contributed by atoms with Crippen molar-refractivity contribution in [1.82, 2.24) is 4.90 Å². The average Bonchev–Trinajstić information content (AvgIpc) is 3.31. The van der Waals surface area contributed by atoms with Gasteiger partial charge in [-0.3, -0.25) is 9.59 Å². The van der Waals surface area contributed by atoms with Crippen molar-refractivity contribution in [2.75, 3.05) is 31.4 Å². The second-order valence-corrected chi connectivity index (χ2v) is 11.0. The third kappa shape index (κ3) is 5.60. The molecule has 38 heavy (non-hydrogen) atoms. The molecular weight excluding hydrogens is 480 g/mol. The van der Waals surface area contributed by atoms with Gasteiger partial charge in [-0.25, -0.2) is 5.84 Å². The van der Waals surface area contributed by atoms with Crippen LogP contribution in [0.2, 0.25) is 0 Å². The number of anilines is 2. The quantitative estimate of drug-likeness (QED) is 0.243. The van der Waals surface area contributed by atoms with Crippen LogP contribution in [-0.4, -0.2) is 42.6 Å². The average molecular weight is 523 g/mol. The highest BCUT2D eigenvalue weighted by atomic mass is 16.5. The van der Waals surface area contributed by atoms with Gasteiger partial charge in [0, 0.05) is 26.4 Å². The van der Waals surface area contributed by atoms with Crippen molar-refractivity contribution in [3.63, 3.8) is 0 Å². The molecule has 2 aromatic carbocycles. The van der Waals surface area contributed by atoms with Crippen LogP contribution in [0.25, 0.3) is 0 Å². The smallest absolute Gasteiger partial charge is 0.304 e. The van der Waals surface area contributed by atoms with Crippen LogP contribution >= 0.6 is 0 Å². The minimum absolute atomic E-state index is 0.0164. The first-order valence-corrected chi connectivity index (χ1v) is 13.7. The maximum atomic E-state index is 12.9. The van der Waals surface area contributed by atoms with E-state index in [1.165, 1.54) is 42.7 Å². The SMILES string of the molecule is COc1cc(C(CC(=O)O)c2ccc(C)c3c2CCC3N(CC2CCCCC2)C(C)=O)cc(N)c1N(C)N. The van der Waals surface area contributed by atoms with Crippen molar-refractivity contribution in [3.8, 4) is 5.75 Å². The number of carboxylic acid groups (broad SMARTS) is 1. The number of methoxy groups -OCH3 is 1. The van der Waals surface area contributed by atoms with Crippen molar-refractivity contribution in [2.24, 2.45) is 11.8 Å². The van der Waals surface area contributed by atoms with Crippen LogP contribution in [0.4, 0.5) is 11.4 Å². The van der Waals surface area contributed by atoms with Gasteiger partial charge in [-0.1, -0.05) is 31.4 Å². The minimum atomic E-state index is -0.890. The van der Waals surface area contributed by atoms with E-state index in [4.69, 9.17) is 16.3 Å². The number of ether oxygens (including phenoxy) is 1. The number of aliphatic carboxylic acids is 1. The number of fused-ring (bicyclic) bond motifs is 1. The summed E-state index contributed by atoms with van der Waals surface area (Å²) in [6, 6.07) is 7.78. The minimum Gasteiger partial charge on any atom is -0.494 e. The second-order valence-electron chi connectivity index (χ2n) is 11.0. The number of hydrogen-bond donors (Lipinski definition) is 3. The molecule has 0 radical (unpaired) electrons. The summed E-state index contributed by atoms with van der Waals surface area (Å²) in [7, 11) is 3.23. The molecule has 2 unspecified atom stereocenters. The fourth-order valence-electron chi connectivity index (χ4n) is 6.70. The summed E-state index contributed by atoms with van der Waals surface area (Å²) in [6.45, 7) is 4.57. The lowest BCUT2D eigenvalue weighted by atomic mass is 9.82. The number of carbonyl (C=O) groups is 2. The lowest BCUT2D eigenvalue weighted by molar-refractivity contribution is -0.137. The van der Waals surface area contributed by atoms with Crippen molar-refractivity contribution >= 4 is 23.3 Å². The Morgan fingerprint density at radius 3 is 2.47 bits per heavy atom. The third-order valence-electron chi connectivity index (χ3n) is 8.43. The molecule has 8 heteroatoms. The van der Waals surface area contributed by atoms with E-state index in [2.05, 4.69) is 24.0 Å². The number of nitrogens with zero attached hydrogens (tertiary/aromatic N) is 2. The normalized spacial score (nSPS) is 18.1. The topological polar surface area (TPSA) is 122 Å². The van der Waals surface area contributed by atoms with Crippen LogP contribution in [0.5, 0.6) is 5.75 Å². The first-order valence-electron chi connectivity index (χ1n) is 13.7. The molecule has 0 bridgehead atoms. The molecule has 0 spiro atoms. The summed E-state index contributed by atoms with van der Waals surface area (Å²) in [5.74, 6) is 5.83. The number of nitrogens with two attached hydrogens (primary N) is 2. The van der Waals surface area contributed by atoms with E-state index in [1.807, 2.05) is 6.07 Å². The van der Waals surface area contributed by atoms with Crippen molar-refractivity contribution in [2.45, 2.75) is 77.2 Å². The van der Waals surface area contributed by atoms with Gasteiger partial charge in [-0.2, -0.15) is 0 Å². The molecule has 4 rings (SSSR count). The summed E-state index contributed by atoms with van der Waals surface area (Å²) in [4.78, 5) is 27.1. The predicted octanol–water partition coefficient (Wildman–Crippen LogP) is 4.92. The molecular formula is C30H42N4O4. The van der Waals surface area contributed by atoms with Crippen LogP contribution in [0.1, 0.15) is 91.6 Å². The van der Waals surface area contributed by atoms with Crippen LogP contribution in [0.15, 0.2) is 24.3 Å². The molecule has 1 amide bonds. The van der Waals surface area contributed by atoms with E-state index in [-0.39, 0.29) is 18.4 Å². The number of hydrogen-bond acceptors (Lipinski definition) is 6. The number of carboxylic acids is 1. The number of nitrogen functional groups attached to an aromatic ring is 1. The van der Waals surface area contributed by atoms with Gasteiger partial charge in [-0.05, 0) is 78.5 Å². The summed E-state index contributed by atoms with van der Waals surface area (Å²) >= 11 is 0. The molecule has 5 N–H and O–H groups in total. The molecule has 0 aromatic heterocycles. The Morgan fingerprint density at radius 2 is 1.87 bits per heavy atom. The summed E-state index contributed by atoms with van der Waals surface area (Å²) < 4.78 is 5.58. The number of hydrazine groups is 1. The first-order chi connectivity index (χ1) is 18.1. The summed E-state index contributed by atoms with van der Waals surface area (Å²) in [5.41, 5.74) is 12.6. The van der Waals surface area contributed by atoms with Gasteiger partial charge in [0.05, 0.1) is 25.3 Å². The molecule has 0 heterocycles. The highest BCUT2D eigenvalue weighted by Crippen LogP contribution is 2.46.